The van der Waals surface area contributed by atoms with Crippen LogP contribution in [0, 0.1) is 5.92 Å². The first-order valence-corrected chi connectivity index (χ1v) is 11.1. The lowest BCUT2D eigenvalue weighted by molar-refractivity contribution is 0.259. The first kappa shape index (κ1) is 23.6. The fourth-order valence-corrected chi connectivity index (χ4v) is 4.23. The number of nitrogens with two attached hydrogens (primary N) is 1. The van der Waals surface area contributed by atoms with E-state index in [1.807, 2.05) is 6.07 Å². The van der Waals surface area contributed by atoms with Crippen LogP contribution in [-0.4, -0.2) is 39.4 Å². The van der Waals surface area contributed by atoms with Crippen LogP contribution in [0.4, 0.5) is 0 Å². The zero-order valence-electron chi connectivity index (χ0n) is 16.6. The minimum atomic E-state index is -3.69. The smallest absolute Gasteiger partial charge is 0.238 e. The van der Waals surface area contributed by atoms with Gasteiger partial charge < -0.3 is 10.2 Å². The topological polar surface area (TPSA) is 87.8 Å². The summed E-state index contributed by atoms with van der Waals surface area (Å²) in [4.78, 5) is 6.79. The van der Waals surface area contributed by atoms with Crippen molar-refractivity contribution < 1.29 is 8.42 Å². The molecule has 6 nitrogen and oxygen atoms in total. The molecule has 0 unspecified atom stereocenters. The summed E-state index contributed by atoms with van der Waals surface area (Å²) in [5.41, 5.74) is 2.25. The number of nitrogens with zero attached hydrogens (tertiary/aromatic N) is 2. The number of hydrogen-bond donors (Lipinski definition) is 2. The van der Waals surface area contributed by atoms with E-state index in [4.69, 9.17) is 5.14 Å². The highest BCUT2D eigenvalue weighted by Gasteiger charge is 2.21. The molecule has 1 saturated heterocycles. The molecule has 0 bridgehead atoms. The predicted molar refractivity (Wildman–Crippen MR) is 128 cm³/mol. The fourth-order valence-electron chi connectivity index (χ4n) is 3.64. The first-order chi connectivity index (χ1) is 13.5. The molecular weight excluding hydrogens is 499 g/mol. The number of likely N-dealkylation sites (tertiary alicyclic amines) is 1. The summed E-state index contributed by atoms with van der Waals surface area (Å²) < 4.78 is 23.0. The van der Waals surface area contributed by atoms with E-state index in [1.54, 1.807) is 19.2 Å². The van der Waals surface area contributed by atoms with Gasteiger partial charge in [-0.15, -0.1) is 24.0 Å². The fraction of sp³-hybridized carbons (Fsp3) is 0.381. The molecule has 1 fully saturated rings. The van der Waals surface area contributed by atoms with Crippen LogP contribution in [0.1, 0.15) is 24.0 Å². The Balaban J connectivity index is 0.00000300. The Morgan fingerprint density at radius 3 is 2.38 bits per heavy atom. The Morgan fingerprint density at radius 1 is 1.10 bits per heavy atom. The summed E-state index contributed by atoms with van der Waals surface area (Å²) in [6.45, 7) is 2.43. The van der Waals surface area contributed by atoms with Crippen molar-refractivity contribution in [1.29, 1.82) is 0 Å². The van der Waals surface area contributed by atoms with E-state index in [9.17, 15) is 8.42 Å². The van der Waals surface area contributed by atoms with Gasteiger partial charge in [0.2, 0.25) is 10.0 Å². The lowest BCUT2D eigenvalue weighted by Gasteiger charge is -2.34. The highest BCUT2D eigenvalue weighted by molar-refractivity contribution is 14.0. The van der Waals surface area contributed by atoms with Gasteiger partial charge in [0.25, 0.3) is 0 Å². The van der Waals surface area contributed by atoms with Crippen molar-refractivity contribution >= 4 is 40.0 Å². The third-order valence-corrected chi connectivity index (χ3v) is 6.08. The van der Waals surface area contributed by atoms with Crippen LogP contribution in [0.25, 0.3) is 0 Å². The summed E-state index contributed by atoms with van der Waals surface area (Å²) in [6, 6.07) is 17.3. The molecule has 8 heteroatoms. The van der Waals surface area contributed by atoms with Gasteiger partial charge in [-0.05, 0) is 48.4 Å². The zero-order chi connectivity index (χ0) is 20.0. The third-order valence-electron chi connectivity index (χ3n) is 5.17. The van der Waals surface area contributed by atoms with Crippen LogP contribution in [0.3, 0.4) is 0 Å². The van der Waals surface area contributed by atoms with Crippen molar-refractivity contribution in [2.45, 2.75) is 30.7 Å². The molecule has 29 heavy (non-hydrogen) atoms. The molecule has 2 aromatic rings. The summed E-state index contributed by atoms with van der Waals surface area (Å²) in [6.07, 6.45) is 3.40. The van der Waals surface area contributed by atoms with Gasteiger partial charge in [0.15, 0.2) is 5.96 Å². The molecule has 0 aliphatic carbocycles. The molecule has 0 aromatic heterocycles. The van der Waals surface area contributed by atoms with E-state index < -0.39 is 10.0 Å². The molecular formula is C21H29IN4O2S. The second-order valence-electron chi connectivity index (χ2n) is 7.21. The van der Waals surface area contributed by atoms with Gasteiger partial charge in [0, 0.05) is 26.7 Å². The molecule has 0 spiro atoms. The minimum absolute atomic E-state index is 0. The molecule has 1 heterocycles. The standard InChI is InChI=1S/C21H28N4O2S.HI/c1-23-21(24-16-19-8-5-9-20(15-19)28(22,26)27)25-12-10-18(11-13-25)14-17-6-3-2-4-7-17;/h2-9,15,18H,10-14,16H2,1H3,(H,23,24)(H2,22,26,27);1H. The van der Waals surface area contributed by atoms with E-state index in [0.717, 1.165) is 43.9 Å². The molecule has 3 N–H and O–H groups in total. The number of hydrogen-bond acceptors (Lipinski definition) is 3. The lowest BCUT2D eigenvalue weighted by atomic mass is 9.90. The van der Waals surface area contributed by atoms with E-state index >= 15 is 0 Å². The predicted octanol–water partition coefficient (Wildman–Crippen LogP) is 2.98. The van der Waals surface area contributed by atoms with Gasteiger partial charge in [-0.2, -0.15) is 0 Å². The number of aliphatic imine (C=N–C) groups is 1. The highest BCUT2D eigenvalue weighted by atomic mass is 127. The summed E-state index contributed by atoms with van der Waals surface area (Å²) in [5, 5.41) is 8.55. The Labute approximate surface area is 190 Å². The van der Waals surface area contributed by atoms with Crippen LogP contribution < -0.4 is 10.5 Å². The second kappa shape index (κ2) is 10.9. The maximum Gasteiger partial charge on any atom is 0.238 e. The normalized spacial score (nSPS) is 15.7. The quantitative estimate of drug-likeness (QED) is 0.355. The Bertz CT molecular complexity index is 911. The monoisotopic (exact) mass is 528 g/mol. The third kappa shape index (κ3) is 6.97. The molecule has 1 aliphatic rings. The molecule has 2 aromatic carbocycles. The summed E-state index contributed by atoms with van der Waals surface area (Å²) in [7, 11) is -1.91. The van der Waals surface area contributed by atoms with Crippen LogP contribution in [0.5, 0.6) is 0 Å². The number of rotatable bonds is 5. The van der Waals surface area contributed by atoms with Gasteiger partial charge in [-0.25, -0.2) is 13.6 Å². The molecule has 0 atom stereocenters. The molecule has 158 valence electrons. The van der Waals surface area contributed by atoms with Gasteiger partial charge >= 0.3 is 0 Å². The number of sulfonamides is 1. The van der Waals surface area contributed by atoms with Crippen molar-refractivity contribution in [1.82, 2.24) is 10.2 Å². The number of nitrogens with one attached hydrogen (secondary N) is 1. The van der Waals surface area contributed by atoms with Gasteiger partial charge in [0.05, 0.1) is 4.90 Å². The average molecular weight is 528 g/mol. The van der Waals surface area contributed by atoms with E-state index in [-0.39, 0.29) is 28.9 Å². The van der Waals surface area contributed by atoms with Gasteiger partial charge in [-0.3, -0.25) is 4.99 Å². The second-order valence-corrected chi connectivity index (χ2v) is 8.77. The first-order valence-electron chi connectivity index (χ1n) is 9.57. The van der Waals surface area contributed by atoms with Crippen LogP contribution in [-0.2, 0) is 23.0 Å². The Morgan fingerprint density at radius 2 is 1.76 bits per heavy atom. The number of primary sulfonamides is 1. The van der Waals surface area contributed by atoms with Crippen molar-refractivity contribution in [2.75, 3.05) is 20.1 Å². The average Bonchev–Trinajstić information content (AvgIpc) is 2.70. The number of piperidine rings is 1. The largest absolute Gasteiger partial charge is 0.352 e. The van der Waals surface area contributed by atoms with Crippen LogP contribution in [0.2, 0.25) is 0 Å². The summed E-state index contributed by atoms with van der Waals surface area (Å²) >= 11 is 0. The van der Waals surface area contributed by atoms with Crippen molar-refractivity contribution in [3.05, 3.63) is 65.7 Å². The summed E-state index contributed by atoms with van der Waals surface area (Å²) in [5.74, 6) is 1.54. The van der Waals surface area contributed by atoms with Gasteiger partial charge in [-0.1, -0.05) is 42.5 Å². The van der Waals surface area contributed by atoms with Gasteiger partial charge in [0.1, 0.15) is 0 Å². The molecule has 0 amide bonds. The molecule has 0 saturated carbocycles. The number of halogens is 1. The Hall–Kier alpha value is -1.65. The molecule has 0 radical (unpaired) electrons. The maximum absolute atomic E-state index is 11.5. The van der Waals surface area contributed by atoms with Crippen LogP contribution in [0.15, 0.2) is 64.5 Å². The highest BCUT2D eigenvalue weighted by Crippen LogP contribution is 2.21. The lowest BCUT2D eigenvalue weighted by Crippen LogP contribution is -2.45. The Kier molecular flexibility index (Phi) is 8.91. The zero-order valence-corrected chi connectivity index (χ0v) is 19.8. The minimum Gasteiger partial charge on any atom is -0.352 e. The molecule has 1 aliphatic heterocycles. The van der Waals surface area contributed by atoms with Crippen molar-refractivity contribution in [2.24, 2.45) is 16.0 Å². The van der Waals surface area contributed by atoms with Crippen molar-refractivity contribution in [3.63, 3.8) is 0 Å². The molecule has 3 rings (SSSR count). The number of guanidine groups is 1. The van der Waals surface area contributed by atoms with E-state index in [1.165, 1.54) is 11.6 Å². The number of benzene rings is 2. The van der Waals surface area contributed by atoms with E-state index in [0.29, 0.717) is 12.5 Å². The SMILES string of the molecule is CN=C(NCc1cccc(S(N)(=O)=O)c1)N1CCC(Cc2ccccc2)CC1.I. The van der Waals surface area contributed by atoms with Crippen LogP contribution >= 0.6 is 24.0 Å². The maximum atomic E-state index is 11.5. The van der Waals surface area contributed by atoms with E-state index in [2.05, 4.69) is 45.5 Å². The van der Waals surface area contributed by atoms with Crippen molar-refractivity contribution in [3.8, 4) is 0 Å².